The van der Waals surface area contributed by atoms with Gasteiger partial charge in [0.25, 0.3) is 0 Å². The first-order valence-corrected chi connectivity index (χ1v) is 8.06. The molecule has 0 bridgehead atoms. The summed E-state index contributed by atoms with van der Waals surface area (Å²) >= 11 is 5.75. The van der Waals surface area contributed by atoms with Crippen molar-refractivity contribution in [3.05, 3.63) is 46.7 Å². The number of hydrogen-bond acceptors (Lipinski definition) is 3. The van der Waals surface area contributed by atoms with E-state index in [0.29, 0.717) is 5.02 Å². The van der Waals surface area contributed by atoms with Crippen LogP contribution in [0.15, 0.2) is 35.4 Å². The monoisotopic (exact) mass is 313 g/mol. The zero-order valence-corrected chi connectivity index (χ0v) is 12.9. The van der Waals surface area contributed by atoms with Gasteiger partial charge in [0, 0.05) is 29.4 Å². The molecule has 1 aromatic carbocycles. The standard InChI is InChI=1S/C13H16ClN3O2S/c1-3-17-10(2)11(8-15-17)9-16-20(18,19)13-6-4-12(14)5-7-13/h4-8,16H,3,9H2,1-2H3. The fourth-order valence-electron chi connectivity index (χ4n) is 1.85. The molecule has 7 heteroatoms. The lowest BCUT2D eigenvalue weighted by Crippen LogP contribution is -2.23. The molecule has 2 aromatic rings. The third kappa shape index (κ3) is 3.20. The van der Waals surface area contributed by atoms with Gasteiger partial charge < -0.3 is 0 Å². The lowest BCUT2D eigenvalue weighted by Gasteiger charge is -2.07. The van der Waals surface area contributed by atoms with Crippen LogP contribution in [0.3, 0.4) is 0 Å². The number of nitrogens with zero attached hydrogens (tertiary/aromatic N) is 2. The van der Waals surface area contributed by atoms with Crippen molar-refractivity contribution in [2.24, 2.45) is 0 Å². The molecular weight excluding hydrogens is 298 g/mol. The molecule has 1 heterocycles. The Kier molecular flexibility index (Phi) is 4.47. The number of sulfonamides is 1. The molecule has 0 fully saturated rings. The van der Waals surface area contributed by atoms with Crippen LogP contribution in [0.2, 0.25) is 5.02 Å². The Morgan fingerprint density at radius 1 is 1.30 bits per heavy atom. The summed E-state index contributed by atoms with van der Waals surface area (Å²) in [6.45, 7) is 4.89. The Balaban J connectivity index is 2.13. The zero-order valence-electron chi connectivity index (χ0n) is 11.3. The summed E-state index contributed by atoms with van der Waals surface area (Å²) in [6.07, 6.45) is 1.68. The van der Waals surface area contributed by atoms with Crippen LogP contribution < -0.4 is 4.72 Å². The molecule has 0 amide bonds. The Labute approximate surface area is 123 Å². The number of nitrogens with one attached hydrogen (secondary N) is 1. The van der Waals surface area contributed by atoms with Crippen molar-refractivity contribution >= 4 is 21.6 Å². The fourth-order valence-corrected chi connectivity index (χ4v) is 2.98. The van der Waals surface area contributed by atoms with Gasteiger partial charge in [0.2, 0.25) is 10.0 Å². The molecule has 0 aliphatic carbocycles. The van der Waals surface area contributed by atoms with Gasteiger partial charge in [-0.05, 0) is 38.1 Å². The van der Waals surface area contributed by atoms with Gasteiger partial charge >= 0.3 is 0 Å². The molecule has 0 saturated carbocycles. The van der Waals surface area contributed by atoms with Crippen LogP contribution in [0.4, 0.5) is 0 Å². The average molecular weight is 314 g/mol. The number of benzene rings is 1. The normalized spacial score (nSPS) is 11.8. The van der Waals surface area contributed by atoms with Gasteiger partial charge in [-0.2, -0.15) is 5.10 Å². The lowest BCUT2D eigenvalue weighted by molar-refractivity contribution is 0.581. The van der Waals surface area contributed by atoms with Crippen molar-refractivity contribution in [3.63, 3.8) is 0 Å². The molecule has 0 aliphatic rings. The lowest BCUT2D eigenvalue weighted by atomic mass is 10.3. The van der Waals surface area contributed by atoms with E-state index in [-0.39, 0.29) is 11.4 Å². The molecular formula is C13H16ClN3O2S. The second-order valence-electron chi connectivity index (χ2n) is 4.35. The highest BCUT2D eigenvalue weighted by molar-refractivity contribution is 7.89. The largest absolute Gasteiger partial charge is 0.270 e. The van der Waals surface area contributed by atoms with E-state index < -0.39 is 10.0 Å². The molecule has 0 radical (unpaired) electrons. The molecule has 0 spiro atoms. The maximum Gasteiger partial charge on any atom is 0.240 e. The van der Waals surface area contributed by atoms with Crippen molar-refractivity contribution in [3.8, 4) is 0 Å². The van der Waals surface area contributed by atoms with Crippen molar-refractivity contribution in [2.45, 2.75) is 31.8 Å². The number of halogens is 1. The summed E-state index contributed by atoms with van der Waals surface area (Å²) in [5.41, 5.74) is 1.83. The van der Waals surface area contributed by atoms with E-state index in [1.807, 2.05) is 18.5 Å². The summed E-state index contributed by atoms with van der Waals surface area (Å²) in [7, 11) is -3.54. The van der Waals surface area contributed by atoms with E-state index in [1.165, 1.54) is 12.1 Å². The van der Waals surface area contributed by atoms with Crippen LogP contribution in [0, 0.1) is 6.92 Å². The molecule has 108 valence electrons. The van der Waals surface area contributed by atoms with Gasteiger partial charge in [-0.3, -0.25) is 4.68 Å². The molecule has 20 heavy (non-hydrogen) atoms. The Morgan fingerprint density at radius 2 is 1.95 bits per heavy atom. The van der Waals surface area contributed by atoms with Crippen LogP contribution >= 0.6 is 11.6 Å². The molecule has 1 aromatic heterocycles. The highest BCUT2D eigenvalue weighted by atomic mass is 35.5. The van der Waals surface area contributed by atoms with E-state index in [2.05, 4.69) is 9.82 Å². The van der Waals surface area contributed by atoms with Gasteiger partial charge in [0.1, 0.15) is 0 Å². The average Bonchev–Trinajstić information content (AvgIpc) is 2.77. The summed E-state index contributed by atoms with van der Waals surface area (Å²) in [5, 5.41) is 4.69. The molecule has 0 atom stereocenters. The topological polar surface area (TPSA) is 64.0 Å². The molecule has 2 rings (SSSR count). The number of aryl methyl sites for hydroxylation is 1. The van der Waals surface area contributed by atoms with Crippen LogP contribution in [-0.4, -0.2) is 18.2 Å². The van der Waals surface area contributed by atoms with Gasteiger partial charge in [-0.1, -0.05) is 11.6 Å². The van der Waals surface area contributed by atoms with Crippen LogP contribution in [-0.2, 0) is 23.1 Å². The summed E-state index contributed by atoms with van der Waals surface area (Å²) in [6, 6.07) is 6.06. The van der Waals surface area contributed by atoms with Gasteiger partial charge in [0.05, 0.1) is 11.1 Å². The third-order valence-electron chi connectivity index (χ3n) is 3.08. The molecule has 0 aliphatic heterocycles. The highest BCUT2D eigenvalue weighted by Gasteiger charge is 2.15. The smallest absolute Gasteiger partial charge is 0.240 e. The van der Waals surface area contributed by atoms with Crippen LogP contribution in [0.1, 0.15) is 18.2 Å². The van der Waals surface area contributed by atoms with E-state index >= 15 is 0 Å². The van der Waals surface area contributed by atoms with Gasteiger partial charge in [-0.15, -0.1) is 0 Å². The molecule has 0 saturated heterocycles. The number of aromatic nitrogens is 2. The SMILES string of the molecule is CCn1ncc(CNS(=O)(=O)c2ccc(Cl)cc2)c1C. The second kappa shape index (κ2) is 5.95. The van der Waals surface area contributed by atoms with Gasteiger partial charge in [0.15, 0.2) is 0 Å². The van der Waals surface area contributed by atoms with E-state index in [9.17, 15) is 8.42 Å². The van der Waals surface area contributed by atoms with E-state index in [4.69, 9.17) is 11.6 Å². The molecule has 5 nitrogen and oxygen atoms in total. The summed E-state index contributed by atoms with van der Waals surface area (Å²) in [5.74, 6) is 0. The minimum atomic E-state index is -3.54. The Morgan fingerprint density at radius 3 is 2.50 bits per heavy atom. The predicted molar refractivity (Wildman–Crippen MR) is 78.1 cm³/mol. The maximum absolute atomic E-state index is 12.1. The first-order chi connectivity index (χ1) is 9.44. The van der Waals surface area contributed by atoms with Gasteiger partial charge in [-0.25, -0.2) is 13.1 Å². The Hall–Kier alpha value is -1.37. The Bertz CT molecular complexity index is 693. The first kappa shape index (κ1) is 15.0. The molecule has 0 unspecified atom stereocenters. The summed E-state index contributed by atoms with van der Waals surface area (Å²) < 4.78 is 28.6. The first-order valence-electron chi connectivity index (χ1n) is 6.20. The fraction of sp³-hybridized carbons (Fsp3) is 0.308. The van der Waals surface area contributed by atoms with Crippen LogP contribution in [0.25, 0.3) is 0 Å². The second-order valence-corrected chi connectivity index (χ2v) is 6.55. The highest BCUT2D eigenvalue weighted by Crippen LogP contribution is 2.15. The molecule has 1 N–H and O–H groups in total. The van der Waals surface area contributed by atoms with Crippen molar-refractivity contribution < 1.29 is 8.42 Å². The van der Waals surface area contributed by atoms with Crippen molar-refractivity contribution in [1.82, 2.24) is 14.5 Å². The third-order valence-corrected chi connectivity index (χ3v) is 4.75. The number of rotatable bonds is 5. The van der Waals surface area contributed by atoms with E-state index in [1.54, 1.807) is 18.3 Å². The summed E-state index contributed by atoms with van der Waals surface area (Å²) in [4.78, 5) is 0.197. The maximum atomic E-state index is 12.1. The van der Waals surface area contributed by atoms with Crippen molar-refractivity contribution in [2.75, 3.05) is 0 Å². The zero-order chi connectivity index (χ0) is 14.8. The minimum Gasteiger partial charge on any atom is -0.270 e. The van der Waals surface area contributed by atoms with Crippen molar-refractivity contribution in [1.29, 1.82) is 0 Å². The number of hydrogen-bond donors (Lipinski definition) is 1. The minimum absolute atomic E-state index is 0.197. The van der Waals surface area contributed by atoms with E-state index in [0.717, 1.165) is 17.8 Å². The predicted octanol–water partition coefficient (Wildman–Crippen LogP) is 2.34. The quantitative estimate of drug-likeness (QED) is 0.921. The van der Waals surface area contributed by atoms with Crippen LogP contribution in [0.5, 0.6) is 0 Å².